The summed E-state index contributed by atoms with van der Waals surface area (Å²) >= 11 is 3.12. The van der Waals surface area contributed by atoms with Gasteiger partial charge in [-0.05, 0) is 46.3 Å². The second-order valence-electron chi connectivity index (χ2n) is 3.70. The molecule has 2 rings (SSSR count). The van der Waals surface area contributed by atoms with Gasteiger partial charge >= 0.3 is 0 Å². The highest BCUT2D eigenvalue weighted by Gasteiger charge is 2.17. The molecule has 0 radical (unpaired) electrons. The highest BCUT2D eigenvalue weighted by atomic mass is 79.9. The first-order valence-corrected chi connectivity index (χ1v) is 7.55. The molecule has 0 unspecified atom stereocenters. The van der Waals surface area contributed by atoms with Crippen molar-refractivity contribution in [2.75, 3.05) is 4.72 Å². The number of hydrogen-bond acceptors (Lipinski definition) is 4. The average Bonchev–Trinajstić information content (AvgIpc) is 2.38. The van der Waals surface area contributed by atoms with Crippen molar-refractivity contribution in [3.05, 3.63) is 52.4 Å². The van der Waals surface area contributed by atoms with Gasteiger partial charge in [0.15, 0.2) is 0 Å². The Labute approximate surface area is 123 Å². The molecule has 0 aliphatic heterocycles. The number of rotatable bonds is 3. The van der Waals surface area contributed by atoms with E-state index in [1.54, 1.807) is 18.2 Å². The third kappa shape index (κ3) is 3.12. The zero-order valence-corrected chi connectivity index (χ0v) is 12.2. The summed E-state index contributed by atoms with van der Waals surface area (Å²) in [5, 5.41) is 8.71. The van der Waals surface area contributed by atoms with Gasteiger partial charge in [0.2, 0.25) is 0 Å². The predicted octanol–water partition coefficient (Wildman–Crippen LogP) is 2.66. The van der Waals surface area contributed by atoms with Gasteiger partial charge in [0.1, 0.15) is 22.3 Å². The molecular weight excluding hydrogens is 349 g/mol. The predicted molar refractivity (Wildman–Crippen MR) is 73.9 cm³/mol. The van der Waals surface area contributed by atoms with Crippen LogP contribution in [0.5, 0.6) is 0 Å². The van der Waals surface area contributed by atoms with E-state index in [1.165, 1.54) is 6.07 Å². The van der Waals surface area contributed by atoms with E-state index in [1.807, 2.05) is 0 Å². The van der Waals surface area contributed by atoms with Gasteiger partial charge in [-0.1, -0.05) is 6.07 Å². The van der Waals surface area contributed by atoms with Crippen molar-refractivity contribution < 1.29 is 12.8 Å². The number of aromatic nitrogens is 1. The van der Waals surface area contributed by atoms with Crippen LogP contribution in [-0.2, 0) is 10.0 Å². The van der Waals surface area contributed by atoms with Crippen LogP contribution in [0, 0.1) is 17.1 Å². The Morgan fingerprint density at radius 2 is 2.05 bits per heavy atom. The third-order valence-corrected chi connectivity index (χ3v) is 4.12. The molecule has 0 amide bonds. The van der Waals surface area contributed by atoms with Gasteiger partial charge in [0, 0.05) is 0 Å². The van der Waals surface area contributed by atoms with Gasteiger partial charge in [-0.25, -0.2) is 17.8 Å². The molecule has 8 heteroatoms. The van der Waals surface area contributed by atoms with E-state index in [4.69, 9.17) is 5.26 Å². The van der Waals surface area contributed by atoms with Gasteiger partial charge in [0.05, 0.1) is 10.5 Å². The highest BCUT2D eigenvalue weighted by molar-refractivity contribution is 9.10. The molecule has 2 aromatic rings. The smallest absolute Gasteiger partial charge is 0.263 e. The second kappa shape index (κ2) is 5.56. The lowest BCUT2D eigenvalue weighted by Crippen LogP contribution is -2.14. The Balaban J connectivity index is 2.39. The average molecular weight is 356 g/mol. The van der Waals surface area contributed by atoms with E-state index in [0.29, 0.717) is 4.60 Å². The normalized spacial score (nSPS) is 10.8. The molecule has 0 saturated heterocycles. The van der Waals surface area contributed by atoms with E-state index in [-0.39, 0.29) is 16.3 Å². The minimum absolute atomic E-state index is 0.113. The minimum Gasteiger partial charge on any atom is -0.263 e. The van der Waals surface area contributed by atoms with Crippen LogP contribution in [0.15, 0.2) is 45.9 Å². The number of halogens is 2. The van der Waals surface area contributed by atoms with E-state index >= 15 is 0 Å². The number of nitrogens with zero attached hydrogens (tertiary/aromatic N) is 2. The molecule has 0 fully saturated rings. The fourth-order valence-electron chi connectivity index (χ4n) is 1.42. The van der Waals surface area contributed by atoms with E-state index in [9.17, 15) is 12.8 Å². The molecule has 0 aliphatic rings. The second-order valence-corrected chi connectivity index (χ2v) is 6.20. The van der Waals surface area contributed by atoms with Crippen molar-refractivity contribution in [1.82, 2.24) is 4.98 Å². The summed E-state index contributed by atoms with van der Waals surface area (Å²) in [6, 6.07) is 9.29. The molecule has 0 spiro atoms. The van der Waals surface area contributed by atoms with Crippen LogP contribution in [0.25, 0.3) is 0 Å². The Morgan fingerprint density at radius 3 is 2.70 bits per heavy atom. The number of benzene rings is 1. The van der Waals surface area contributed by atoms with Gasteiger partial charge < -0.3 is 0 Å². The zero-order valence-electron chi connectivity index (χ0n) is 9.84. The Kier molecular flexibility index (Phi) is 4.01. The molecule has 0 aliphatic carbocycles. The van der Waals surface area contributed by atoms with Crippen LogP contribution >= 0.6 is 15.9 Å². The van der Waals surface area contributed by atoms with Crippen molar-refractivity contribution in [1.29, 1.82) is 5.26 Å². The summed E-state index contributed by atoms with van der Waals surface area (Å²) in [6.45, 7) is 0. The number of pyridine rings is 1. The maximum absolute atomic E-state index is 13.2. The summed E-state index contributed by atoms with van der Waals surface area (Å²) in [4.78, 5) is 3.72. The monoisotopic (exact) mass is 355 g/mol. The first kappa shape index (κ1) is 14.4. The molecule has 0 bridgehead atoms. The SMILES string of the molecule is N#Cc1cc(S(=O)(=O)Nc2cccc(Br)n2)ccc1F. The number of hydrogen-bond donors (Lipinski definition) is 1. The van der Waals surface area contributed by atoms with Crippen molar-refractivity contribution in [3.63, 3.8) is 0 Å². The standard InChI is InChI=1S/C12H7BrFN3O2S/c13-11-2-1-3-12(16-11)17-20(18,19)9-4-5-10(14)8(6-9)7-15/h1-6H,(H,16,17). The van der Waals surface area contributed by atoms with Crippen LogP contribution in [0.3, 0.4) is 0 Å². The summed E-state index contributed by atoms with van der Waals surface area (Å²) in [5.41, 5.74) is -0.338. The van der Waals surface area contributed by atoms with Crippen molar-refractivity contribution in [2.24, 2.45) is 0 Å². The molecule has 1 aromatic carbocycles. The van der Waals surface area contributed by atoms with E-state index in [0.717, 1.165) is 18.2 Å². The molecule has 0 atom stereocenters. The summed E-state index contributed by atoms with van der Waals surface area (Å²) in [5.74, 6) is -0.658. The summed E-state index contributed by atoms with van der Waals surface area (Å²) < 4.78 is 40.1. The van der Waals surface area contributed by atoms with Crippen LogP contribution in [-0.4, -0.2) is 13.4 Å². The third-order valence-electron chi connectivity index (χ3n) is 2.32. The van der Waals surface area contributed by atoms with Crippen LogP contribution in [0.4, 0.5) is 10.2 Å². The number of nitriles is 1. The summed E-state index contributed by atoms with van der Waals surface area (Å²) in [7, 11) is -3.93. The molecule has 5 nitrogen and oxygen atoms in total. The first-order valence-electron chi connectivity index (χ1n) is 5.27. The van der Waals surface area contributed by atoms with Gasteiger partial charge in [-0.15, -0.1) is 0 Å². The topological polar surface area (TPSA) is 82.8 Å². The first-order chi connectivity index (χ1) is 9.42. The maximum Gasteiger partial charge on any atom is 0.263 e. The van der Waals surface area contributed by atoms with Crippen molar-refractivity contribution in [3.8, 4) is 6.07 Å². The van der Waals surface area contributed by atoms with Crippen molar-refractivity contribution in [2.45, 2.75) is 4.90 Å². The number of nitrogens with one attached hydrogen (secondary N) is 1. The molecule has 102 valence electrons. The molecule has 1 N–H and O–H groups in total. The Morgan fingerprint density at radius 1 is 1.30 bits per heavy atom. The highest BCUT2D eigenvalue weighted by Crippen LogP contribution is 2.18. The number of anilines is 1. The Hall–Kier alpha value is -1.98. The molecule has 1 heterocycles. The van der Waals surface area contributed by atoms with Crippen molar-refractivity contribution >= 4 is 31.8 Å². The van der Waals surface area contributed by atoms with Crippen LogP contribution in [0.2, 0.25) is 0 Å². The maximum atomic E-state index is 13.2. The Bertz CT molecular complexity index is 803. The lowest BCUT2D eigenvalue weighted by molar-refractivity contribution is 0.599. The quantitative estimate of drug-likeness (QED) is 0.858. The van der Waals surface area contributed by atoms with Crippen LogP contribution < -0.4 is 4.72 Å². The van der Waals surface area contributed by atoms with E-state index < -0.39 is 15.8 Å². The zero-order chi connectivity index (χ0) is 14.8. The fraction of sp³-hybridized carbons (Fsp3) is 0. The molecule has 1 aromatic heterocycles. The summed E-state index contributed by atoms with van der Waals surface area (Å²) in [6.07, 6.45) is 0. The van der Waals surface area contributed by atoms with Crippen LogP contribution in [0.1, 0.15) is 5.56 Å². The lowest BCUT2D eigenvalue weighted by atomic mass is 10.2. The number of sulfonamides is 1. The molecule has 20 heavy (non-hydrogen) atoms. The van der Waals surface area contributed by atoms with Gasteiger partial charge in [-0.3, -0.25) is 4.72 Å². The van der Waals surface area contributed by atoms with Gasteiger partial charge in [-0.2, -0.15) is 5.26 Å². The van der Waals surface area contributed by atoms with E-state index in [2.05, 4.69) is 25.6 Å². The lowest BCUT2D eigenvalue weighted by Gasteiger charge is -2.08. The fourth-order valence-corrected chi connectivity index (χ4v) is 2.79. The molecule has 0 saturated carbocycles. The minimum atomic E-state index is -3.93. The van der Waals surface area contributed by atoms with Gasteiger partial charge in [0.25, 0.3) is 10.0 Å². The largest absolute Gasteiger partial charge is 0.263 e. The molecular formula is C12H7BrFN3O2S.